The molecule has 4 N–H and O–H groups in total. The molecule has 0 spiro atoms. The van der Waals surface area contributed by atoms with Gasteiger partial charge in [0, 0.05) is 56.0 Å². The van der Waals surface area contributed by atoms with E-state index in [1.54, 1.807) is 14.2 Å². The summed E-state index contributed by atoms with van der Waals surface area (Å²) in [5.41, 5.74) is 11.8. The number of pyridine rings is 1. The highest BCUT2D eigenvalue weighted by molar-refractivity contribution is 5.95. The molecule has 1 aromatic carbocycles. The van der Waals surface area contributed by atoms with Gasteiger partial charge in [0.15, 0.2) is 5.65 Å². The summed E-state index contributed by atoms with van der Waals surface area (Å²) in [4.78, 5) is 17.9. The fourth-order valence-corrected chi connectivity index (χ4v) is 3.73. The lowest BCUT2D eigenvalue weighted by atomic mass is 10.1. The second-order valence-corrected chi connectivity index (χ2v) is 7.48. The van der Waals surface area contributed by atoms with Crippen molar-refractivity contribution in [3.05, 3.63) is 41.7 Å². The van der Waals surface area contributed by atoms with Gasteiger partial charge in [-0.25, -0.2) is 9.97 Å². The molecule has 3 aromatic heterocycles. The molecular weight excluding hydrogens is 380 g/mol. The van der Waals surface area contributed by atoms with Gasteiger partial charge in [-0.2, -0.15) is 0 Å². The van der Waals surface area contributed by atoms with Gasteiger partial charge >= 0.3 is 0 Å². The van der Waals surface area contributed by atoms with Gasteiger partial charge in [0.1, 0.15) is 11.6 Å². The predicted molar refractivity (Wildman–Crippen MR) is 119 cm³/mol. The summed E-state index contributed by atoms with van der Waals surface area (Å²) in [5, 5.41) is 1.15. The molecule has 8 nitrogen and oxygen atoms in total. The number of rotatable bonds is 9. The molecule has 0 atom stereocenters. The fraction of sp³-hybridized carbons (Fsp3) is 0.364. The van der Waals surface area contributed by atoms with E-state index in [4.69, 9.17) is 15.2 Å². The lowest BCUT2D eigenvalue weighted by Gasteiger charge is -2.21. The van der Waals surface area contributed by atoms with Crippen molar-refractivity contribution in [3.63, 3.8) is 0 Å². The van der Waals surface area contributed by atoms with Gasteiger partial charge in [-0.15, -0.1) is 0 Å². The average molecular weight is 409 g/mol. The molecule has 4 aromatic rings. The van der Waals surface area contributed by atoms with Crippen LogP contribution in [0.2, 0.25) is 0 Å². The van der Waals surface area contributed by atoms with E-state index in [-0.39, 0.29) is 0 Å². The summed E-state index contributed by atoms with van der Waals surface area (Å²) >= 11 is 0. The molecular formula is C22H28N6O2. The van der Waals surface area contributed by atoms with Crippen molar-refractivity contribution in [2.45, 2.75) is 13.5 Å². The van der Waals surface area contributed by atoms with Crippen molar-refractivity contribution in [1.82, 2.24) is 24.8 Å². The van der Waals surface area contributed by atoms with Crippen LogP contribution in [0, 0.1) is 6.92 Å². The Labute approximate surface area is 175 Å². The van der Waals surface area contributed by atoms with Crippen LogP contribution in [0.4, 0.5) is 5.82 Å². The molecule has 0 aliphatic rings. The Balaban J connectivity index is 1.64. The van der Waals surface area contributed by atoms with Crippen LogP contribution in [0.1, 0.15) is 11.4 Å². The van der Waals surface area contributed by atoms with E-state index in [2.05, 4.69) is 49.1 Å². The highest BCUT2D eigenvalue weighted by Crippen LogP contribution is 2.30. The van der Waals surface area contributed by atoms with Crippen LogP contribution in [0.15, 0.2) is 30.3 Å². The first kappa shape index (κ1) is 20.3. The lowest BCUT2D eigenvalue weighted by molar-refractivity contribution is 0.110. The van der Waals surface area contributed by atoms with E-state index in [0.29, 0.717) is 24.7 Å². The quantitative estimate of drug-likeness (QED) is 0.393. The van der Waals surface area contributed by atoms with Crippen molar-refractivity contribution < 1.29 is 9.47 Å². The Kier molecular flexibility index (Phi) is 5.98. The summed E-state index contributed by atoms with van der Waals surface area (Å²) in [6.07, 6.45) is 0. The molecule has 0 unspecified atom stereocenters. The number of aromatic nitrogens is 4. The summed E-state index contributed by atoms with van der Waals surface area (Å²) < 4.78 is 10.5. The number of nitrogens with one attached hydrogen (secondary N) is 2. The zero-order valence-electron chi connectivity index (χ0n) is 17.7. The number of anilines is 1. The minimum absolute atomic E-state index is 0.454. The number of benzene rings is 1. The maximum atomic E-state index is 6.02. The molecule has 30 heavy (non-hydrogen) atoms. The smallest absolute Gasteiger partial charge is 0.180 e. The molecule has 158 valence electrons. The fourth-order valence-electron chi connectivity index (χ4n) is 3.73. The van der Waals surface area contributed by atoms with E-state index < -0.39 is 0 Å². The van der Waals surface area contributed by atoms with Gasteiger partial charge in [-0.1, -0.05) is 6.07 Å². The summed E-state index contributed by atoms with van der Waals surface area (Å²) in [5.74, 6) is 1.27. The molecule has 0 saturated heterocycles. The van der Waals surface area contributed by atoms with Gasteiger partial charge in [0.25, 0.3) is 0 Å². The minimum Gasteiger partial charge on any atom is -0.384 e. The number of nitrogen functional groups attached to an aromatic ring is 1. The maximum Gasteiger partial charge on any atom is 0.180 e. The van der Waals surface area contributed by atoms with Crippen molar-refractivity contribution in [2.24, 2.45) is 0 Å². The number of aryl methyl sites for hydroxylation is 1. The Morgan fingerprint density at radius 2 is 1.77 bits per heavy atom. The SMILES string of the molecule is COCCN(CCOC)Cc1ccc2[nH]c(-c3cc(N)nc4nc(C)[nH]c34)cc2c1. The Morgan fingerprint density at radius 3 is 2.50 bits per heavy atom. The Hall–Kier alpha value is -2.94. The van der Waals surface area contributed by atoms with Crippen LogP contribution in [-0.4, -0.2) is 65.4 Å². The van der Waals surface area contributed by atoms with Crippen LogP contribution in [-0.2, 0) is 16.0 Å². The second-order valence-electron chi connectivity index (χ2n) is 7.48. The largest absolute Gasteiger partial charge is 0.384 e. The first-order chi connectivity index (χ1) is 14.6. The molecule has 0 fully saturated rings. The Morgan fingerprint density at radius 1 is 1.00 bits per heavy atom. The minimum atomic E-state index is 0.454. The van der Waals surface area contributed by atoms with E-state index in [1.165, 1.54) is 5.56 Å². The van der Waals surface area contributed by atoms with E-state index in [0.717, 1.165) is 53.1 Å². The first-order valence-corrected chi connectivity index (χ1v) is 10.0. The molecule has 0 amide bonds. The predicted octanol–water partition coefficient (Wildman–Crippen LogP) is 3.09. The third kappa shape index (κ3) is 4.30. The number of aromatic amines is 2. The lowest BCUT2D eigenvalue weighted by Crippen LogP contribution is -2.30. The van der Waals surface area contributed by atoms with Gasteiger partial charge in [-0.05, 0) is 36.8 Å². The molecule has 0 aliphatic carbocycles. The normalized spacial score (nSPS) is 11.9. The number of hydrogen-bond acceptors (Lipinski definition) is 6. The first-order valence-electron chi connectivity index (χ1n) is 10.0. The number of ether oxygens (including phenoxy) is 2. The Bertz CT molecular complexity index is 1140. The van der Waals surface area contributed by atoms with Crippen molar-refractivity contribution in [1.29, 1.82) is 0 Å². The summed E-state index contributed by atoms with van der Waals surface area (Å²) in [6.45, 7) is 5.88. The highest BCUT2D eigenvalue weighted by Gasteiger charge is 2.13. The van der Waals surface area contributed by atoms with Crippen LogP contribution < -0.4 is 5.73 Å². The molecule has 0 bridgehead atoms. The highest BCUT2D eigenvalue weighted by atomic mass is 16.5. The summed E-state index contributed by atoms with van der Waals surface area (Å²) in [7, 11) is 3.46. The van der Waals surface area contributed by atoms with Crippen molar-refractivity contribution >= 4 is 27.9 Å². The molecule has 3 heterocycles. The molecule has 0 radical (unpaired) electrons. The number of nitrogens with two attached hydrogens (primary N) is 1. The zero-order valence-corrected chi connectivity index (χ0v) is 17.7. The molecule has 0 saturated carbocycles. The molecule has 0 aliphatic heterocycles. The standard InChI is InChI=1S/C22H28N6O2/c1-14-24-21-17(12-20(23)27-22(21)25-14)19-11-16-10-15(4-5-18(16)26-19)13-28(6-8-29-2)7-9-30-3/h4-5,10-12,26H,6-9,13H2,1-3H3,(H3,23,24,25,27). The maximum absolute atomic E-state index is 6.02. The van der Waals surface area contributed by atoms with Gasteiger partial charge in [0.2, 0.25) is 0 Å². The summed E-state index contributed by atoms with van der Waals surface area (Å²) in [6, 6.07) is 10.5. The number of fused-ring (bicyclic) bond motifs is 2. The van der Waals surface area contributed by atoms with Crippen LogP contribution in [0.25, 0.3) is 33.3 Å². The zero-order chi connectivity index (χ0) is 21.1. The molecule has 8 heteroatoms. The van der Waals surface area contributed by atoms with E-state index in [1.807, 2.05) is 13.0 Å². The van der Waals surface area contributed by atoms with Crippen LogP contribution in [0.5, 0.6) is 0 Å². The second kappa shape index (κ2) is 8.83. The van der Waals surface area contributed by atoms with Gasteiger partial charge < -0.3 is 25.2 Å². The van der Waals surface area contributed by atoms with Crippen LogP contribution in [0.3, 0.4) is 0 Å². The van der Waals surface area contributed by atoms with Crippen LogP contribution >= 0.6 is 0 Å². The van der Waals surface area contributed by atoms with E-state index in [9.17, 15) is 0 Å². The third-order valence-electron chi connectivity index (χ3n) is 5.20. The number of H-pyrrole nitrogens is 2. The number of nitrogens with zero attached hydrogens (tertiary/aromatic N) is 3. The topological polar surface area (TPSA) is 105 Å². The number of hydrogen-bond donors (Lipinski definition) is 3. The van der Waals surface area contributed by atoms with Gasteiger partial charge in [-0.3, -0.25) is 4.90 Å². The monoisotopic (exact) mass is 408 g/mol. The number of methoxy groups -OCH3 is 2. The average Bonchev–Trinajstić information content (AvgIpc) is 3.31. The van der Waals surface area contributed by atoms with E-state index >= 15 is 0 Å². The van der Waals surface area contributed by atoms with Gasteiger partial charge in [0.05, 0.1) is 18.7 Å². The molecule has 4 rings (SSSR count). The van der Waals surface area contributed by atoms with Crippen molar-refractivity contribution in [3.8, 4) is 11.3 Å². The number of imidazole rings is 1. The van der Waals surface area contributed by atoms with Crippen molar-refractivity contribution in [2.75, 3.05) is 46.3 Å². The third-order valence-corrected chi connectivity index (χ3v) is 5.20.